The molecule has 2 bridgehead atoms. The highest BCUT2D eigenvalue weighted by molar-refractivity contribution is 5.74. The monoisotopic (exact) mass is 480 g/mol. The third-order valence-electron chi connectivity index (χ3n) is 7.25. The third-order valence-corrected chi connectivity index (χ3v) is 7.25. The van der Waals surface area contributed by atoms with Gasteiger partial charge in [-0.25, -0.2) is 18.7 Å². The van der Waals surface area contributed by atoms with Gasteiger partial charge in [0.15, 0.2) is 5.82 Å². The summed E-state index contributed by atoms with van der Waals surface area (Å²) in [5.74, 6) is 0.181. The van der Waals surface area contributed by atoms with Crippen molar-refractivity contribution >= 4 is 5.82 Å². The Labute approximate surface area is 201 Å². The first-order valence-electron chi connectivity index (χ1n) is 11.9. The Balaban J connectivity index is 1.28. The Kier molecular flexibility index (Phi) is 5.47. The maximum absolute atomic E-state index is 15.3. The molecule has 2 saturated heterocycles. The summed E-state index contributed by atoms with van der Waals surface area (Å²) in [6.45, 7) is 0. The zero-order valence-electron chi connectivity index (χ0n) is 19.2. The molecule has 1 aromatic carbocycles. The highest BCUT2D eigenvalue weighted by Gasteiger charge is 2.48. The minimum atomic E-state index is -0.957. The molecule has 3 fully saturated rings. The van der Waals surface area contributed by atoms with E-state index in [1.807, 2.05) is 0 Å². The number of aromatic hydroxyl groups is 1. The molecular formula is C25H26F2N6O2. The average molecular weight is 481 g/mol. The molecule has 6 rings (SSSR count). The van der Waals surface area contributed by atoms with E-state index in [1.54, 1.807) is 12.1 Å². The van der Waals surface area contributed by atoms with Crippen molar-refractivity contribution in [1.29, 1.82) is 0 Å². The predicted molar refractivity (Wildman–Crippen MR) is 125 cm³/mol. The summed E-state index contributed by atoms with van der Waals surface area (Å²) in [4.78, 5) is 10.1. The normalized spacial score (nSPS) is 25.5. The Hall–Kier alpha value is -3.40. The molecule has 2 aliphatic heterocycles. The average Bonchev–Trinajstić information content (AvgIpc) is 3.63. The summed E-state index contributed by atoms with van der Waals surface area (Å²) in [7, 11) is 1.46. The maximum Gasteiger partial charge on any atom is 0.216 e. The first kappa shape index (κ1) is 22.1. The molecule has 4 heterocycles. The summed E-state index contributed by atoms with van der Waals surface area (Å²) in [5, 5.41) is 22.7. The van der Waals surface area contributed by atoms with E-state index >= 15 is 8.78 Å². The van der Waals surface area contributed by atoms with Crippen LogP contribution in [0.5, 0.6) is 11.6 Å². The number of benzene rings is 1. The lowest BCUT2D eigenvalue weighted by Gasteiger charge is -2.41. The van der Waals surface area contributed by atoms with Crippen molar-refractivity contribution in [3.05, 3.63) is 42.5 Å². The van der Waals surface area contributed by atoms with Crippen LogP contribution in [0.3, 0.4) is 0 Å². The van der Waals surface area contributed by atoms with Crippen LogP contribution in [-0.4, -0.2) is 62.7 Å². The molecule has 10 heteroatoms. The first-order chi connectivity index (χ1) is 17.0. The number of piperidine rings is 1. The smallest absolute Gasteiger partial charge is 0.216 e. The molecule has 3 aromatic rings. The Morgan fingerprint density at radius 3 is 2.63 bits per heavy atom. The van der Waals surface area contributed by atoms with E-state index in [0.717, 1.165) is 32.1 Å². The lowest BCUT2D eigenvalue weighted by Crippen LogP contribution is -2.57. The number of halogens is 2. The van der Waals surface area contributed by atoms with Gasteiger partial charge in [-0.1, -0.05) is 0 Å². The van der Waals surface area contributed by atoms with Gasteiger partial charge in [0.05, 0.1) is 24.5 Å². The van der Waals surface area contributed by atoms with Crippen molar-refractivity contribution in [3.8, 4) is 34.1 Å². The van der Waals surface area contributed by atoms with Crippen LogP contribution in [0.15, 0.2) is 36.7 Å². The second kappa shape index (κ2) is 8.67. The molecule has 1 aliphatic carbocycles. The number of aromatic nitrogens is 4. The lowest BCUT2D eigenvalue weighted by atomic mass is 9.95. The van der Waals surface area contributed by atoms with Gasteiger partial charge in [-0.2, -0.15) is 0 Å². The fraction of sp³-hybridized carbons (Fsp3) is 0.440. The van der Waals surface area contributed by atoms with Crippen molar-refractivity contribution in [2.75, 3.05) is 12.0 Å². The van der Waals surface area contributed by atoms with Crippen molar-refractivity contribution in [2.24, 2.45) is 0 Å². The molecule has 3 aliphatic rings. The van der Waals surface area contributed by atoms with Crippen LogP contribution in [0.25, 0.3) is 22.5 Å². The number of alkyl halides is 1. The van der Waals surface area contributed by atoms with Crippen LogP contribution in [0.2, 0.25) is 0 Å². The number of methoxy groups -OCH3 is 1. The van der Waals surface area contributed by atoms with E-state index in [4.69, 9.17) is 4.74 Å². The van der Waals surface area contributed by atoms with Gasteiger partial charge in [0, 0.05) is 35.3 Å². The second-order valence-electron chi connectivity index (χ2n) is 9.50. The lowest BCUT2D eigenvalue weighted by molar-refractivity contribution is 0.171. The van der Waals surface area contributed by atoms with Gasteiger partial charge < -0.3 is 20.1 Å². The van der Waals surface area contributed by atoms with Gasteiger partial charge in [0.2, 0.25) is 5.88 Å². The summed E-state index contributed by atoms with van der Waals surface area (Å²) in [6.07, 6.45) is 4.96. The zero-order valence-corrected chi connectivity index (χ0v) is 19.2. The Morgan fingerprint density at radius 1 is 1.03 bits per heavy atom. The van der Waals surface area contributed by atoms with Crippen molar-refractivity contribution < 1.29 is 18.6 Å². The van der Waals surface area contributed by atoms with Crippen LogP contribution >= 0.6 is 0 Å². The number of phenolic OH excluding ortho intramolecular Hbond substituents is 1. The van der Waals surface area contributed by atoms with E-state index < -0.39 is 12.0 Å². The summed E-state index contributed by atoms with van der Waals surface area (Å²) in [5.41, 5.74) is 0.947. The number of hydrogen-bond donors (Lipinski definition) is 2. The van der Waals surface area contributed by atoms with Gasteiger partial charge in [-0.15, -0.1) is 10.2 Å². The van der Waals surface area contributed by atoms with Gasteiger partial charge >= 0.3 is 0 Å². The van der Waals surface area contributed by atoms with E-state index in [1.165, 1.54) is 31.6 Å². The standard InChI is InChI=1S/C25H26F2N6O2/c1-35-24-11-20(28-12-29-24)15-10-22(34)16(9-17(15)26)18-6-7-23(32-31-18)33(14-3-4-14)21-8-13-2-5-19(30-13)25(21)27/h6-7,9-14,19,21,25,30,34H,2-5,8H2,1H3/t13-,19+,21?,25?/m1/s1. The van der Waals surface area contributed by atoms with Gasteiger partial charge in [-0.3, -0.25) is 0 Å². The summed E-state index contributed by atoms with van der Waals surface area (Å²) >= 11 is 0. The van der Waals surface area contributed by atoms with Gasteiger partial charge in [0.1, 0.15) is 24.1 Å². The van der Waals surface area contributed by atoms with Crippen molar-refractivity contribution in [1.82, 2.24) is 25.5 Å². The van der Waals surface area contributed by atoms with E-state index in [2.05, 4.69) is 30.4 Å². The molecule has 2 aromatic heterocycles. The number of nitrogens with one attached hydrogen (secondary N) is 1. The molecule has 2 unspecified atom stereocenters. The molecule has 182 valence electrons. The second-order valence-corrected chi connectivity index (χ2v) is 9.50. The number of ether oxygens (including phenoxy) is 1. The maximum atomic E-state index is 15.3. The Bertz CT molecular complexity index is 1240. The molecule has 4 atom stereocenters. The SMILES string of the molecule is COc1cc(-c2cc(O)c(-c3ccc(N(C4CC4)C4C[C@H]5CC[C@H](N5)C4F)nn3)cc2F)ncn1. The first-order valence-corrected chi connectivity index (χ1v) is 11.9. The van der Waals surface area contributed by atoms with Gasteiger partial charge in [-0.05, 0) is 56.4 Å². The Morgan fingerprint density at radius 2 is 1.89 bits per heavy atom. The van der Waals surface area contributed by atoms with Crippen LogP contribution < -0.4 is 15.0 Å². The van der Waals surface area contributed by atoms with Crippen LogP contribution in [0.4, 0.5) is 14.6 Å². The number of nitrogens with zero attached hydrogens (tertiary/aromatic N) is 5. The molecule has 0 spiro atoms. The summed E-state index contributed by atoms with van der Waals surface area (Å²) < 4.78 is 35.4. The topological polar surface area (TPSA) is 96.3 Å². The highest BCUT2D eigenvalue weighted by atomic mass is 19.1. The van der Waals surface area contributed by atoms with Gasteiger partial charge in [0.25, 0.3) is 0 Å². The zero-order chi connectivity index (χ0) is 24.1. The minimum absolute atomic E-state index is 0.0967. The fourth-order valence-electron chi connectivity index (χ4n) is 5.39. The molecular weight excluding hydrogens is 454 g/mol. The van der Waals surface area contributed by atoms with E-state index in [0.29, 0.717) is 17.6 Å². The summed E-state index contributed by atoms with van der Waals surface area (Å²) in [6, 6.07) is 7.78. The quantitative estimate of drug-likeness (QED) is 0.552. The molecule has 8 nitrogen and oxygen atoms in total. The third kappa shape index (κ3) is 4.05. The van der Waals surface area contributed by atoms with E-state index in [9.17, 15) is 5.11 Å². The highest BCUT2D eigenvalue weighted by Crippen LogP contribution is 2.40. The molecule has 1 saturated carbocycles. The molecule has 35 heavy (non-hydrogen) atoms. The van der Waals surface area contributed by atoms with Crippen LogP contribution in [0, 0.1) is 5.82 Å². The fourth-order valence-corrected chi connectivity index (χ4v) is 5.39. The molecule has 2 N–H and O–H groups in total. The molecule has 0 amide bonds. The van der Waals surface area contributed by atoms with E-state index in [-0.39, 0.29) is 46.6 Å². The number of hydrogen-bond acceptors (Lipinski definition) is 8. The molecule has 0 radical (unpaired) electrons. The number of rotatable bonds is 6. The van der Waals surface area contributed by atoms with Crippen LogP contribution in [0.1, 0.15) is 32.1 Å². The number of fused-ring (bicyclic) bond motifs is 2. The number of phenols is 1. The van der Waals surface area contributed by atoms with Crippen molar-refractivity contribution in [3.63, 3.8) is 0 Å². The number of anilines is 1. The van der Waals surface area contributed by atoms with Crippen molar-refractivity contribution in [2.45, 2.75) is 62.4 Å². The largest absolute Gasteiger partial charge is 0.507 e. The predicted octanol–water partition coefficient (Wildman–Crippen LogP) is 3.65. The minimum Gasteiger partial charge on any atom is -0.507 e. The van der Waals surface area contributed by atoms with Crippen LogP contribution in [-0.2, 0) is 0 Å².